The lowest BCUT2D eigenvalue weighted by Crippen LogP contribution is -2.55. The highest BCUT2D eigenvalue weighted by Crippen LogP contribution is 2.41. The topological polar surface area (TPSA) is 61.7 Å². The minimum Gasteiger partial charge on any atom is -0.338 e. The van der Waals surface area contributed by atoms with Gasteiger partial charge in [0.1, 0.15) is 5.69 Å². The van der Waals surface area contributed by atoms with Crippen molar-refractivity contribution in [1.29, 1.82) is 0 Å². The molecule has 0 saturated carbocycles. The standard InChI is InChI=1S/C19H29N5O2/c1-21-10-5-15(13-21)24-14-19(6-3-17(24)25)7-11-23(12-8-19)18(26)16-4-9-20-22(16)2/h4,9,15H,3,5-8,10-14H2,1-2H3. The smallest absolute Gasteiger partial charge is 0.272 e. The number of nitrogens with zero attached hydrogens (tertiary/aromatic N) is 5. The fourth-order valence-corrected chi connectivity index (χ4v) is 4.88. The average Bonchev–Trinajstić information content (AvgIpc) is 3.26. The van der Waals surface area contributed by atoms with Gasteiger partial charge in [0, 0.05) is 51.9 Å². The molecule has 1 spiro atoms. The van der Waals surface area contributed by atoms with Gasteiger partial charge in [-0.15, -0.1) is 0 Å². The van der Waals surface area contributed by atoms with Gasteiger partial charge >= 0.3 is 0 Å². The molecule has 1 unspecified atom stereocenters. The molecule has 0 aliphatic carbocycles. The van der Waals surface area contributed by atoms with Crippen molar-refractivity contribution in [3.05, 3.63) is 18.0 Å². The molecule has 3 aliphatic rings. The van der Waals surface area contributed by atoms with Crippen molar-refractivity contribution in [3.8, 4) is 0 Å². The summed E-state index contributed by atoms with van der Waals surface area (Å²) in [5.74, 6) is 0.394. The van der Waals surface area contributed by atoms with Crippen molar-refractivity contribution in [3.63, 3.8) is 0 Å². The van der Waals surface area contributed by atoms with Gasteiger partial charge in [0.05, 0.1) is 0 Å². The molecule has 142 valence electrons. The van der Waals surface area contributed by atoms with Gasteiger partial charge in [0.25, 0.3) is 5.91 Å². The van der Waals surface area contributed by atoms with Gasteiger partial charge in [-0.05, 0) is 50.8 Å². The van der Waals surface area contributed by atoms with E-state index in [2.05, 4.69) is 21.9 Å². The van der Waals surface area contributed by atoms with Gasteiger partial charge < -0.3 is 14.7 Å². The van der Waals surface area contributed by atoms with Crippen molar-refractivity contribution >= 4 is 11.8 Å². The second-order valence-electron chi connectivity index (χ2n) is 8.36. The Morgan fingerprint density at radius 3 is 2.58 bits per heavy atom. The van der Waals surface area contributed by atoms with Crippen LogP contribution in [0.2, 0.25) is 0 Å². The van der Waals surface area contributed by atoms with Gasteiger partial charge in [-0.2, -0.15) is 5.10 Å². The summed E-state index contributed by atoms with van der Waals surface area (Å²) in [6.45, 7) is 4.49. The molecule has 4 heterocycles. The predicted octanol–water partition coefficient (Wildman–Crippen LogP) is 0.969. The Kier molecular flexibility index (Phi) is 4.50. The van der Waals surface area contributed by atoms with Crippen LogP contribution in [0.5, 0.6) is 0 Å². The number of aryl methyl sites for hydroxylation is 1. The van der Waals surface area contributed by atoms with E-state index in [1.165, 1.54) is 0 Å². The van der Waals surface area contributed by atoms with Crippen molar-refractivity contribution in [2.75, 3.05) is 39.8 Å². The van der Waals surface area contributed by atoms with Crippen LogP contribution in [0.15, 0.2) is 12.3 Å². The molecule has 1 aromatic heterocycles. The molecule has 2 amide bonds. The monoisotopic (exact) mass is 359 g/mol. The Morgan fingerprint density at radius 1 is 1.19 bits per heavy atom. The van der Waals surface area contributed by atoms with Crippen LogP contribution >= 0.6 is 0 Å². The van der Waals surface area contributed by atoms with Crippen molar-refractivity contribution in [2.45, 2.75) is 38.1 Å². The first-order chi connectivity index (χ1) is 12.5. The van der Waals surface area contributed by atoms with Gasteiger partial charge in [0.2, 0.25) is 5.91 Å². The molecule has 0 bridgehead atoms. The number of hydrogen-bond donors (Lipinski definition) is 0. The minimum atomic E-state index is 0.0704. The Bertz CT molecular complexity index is 692. The van der Waals surface area contributed by atoms with Crippen LogP contribution in [-0.4, -0.2) is 82.1 Å². The van der Waals surface area contributed by atoms with Gasteiger partial charge in [-0.25, -0.2) is 0 Å². The average molecular weight is 359 g/mol. The highest BCUT2D eigenvalue weighted by atomic mass is 16.2. The molecule has 3 fully saturated rings. The van der Waals surface area contributed by atoms with Crippen LogP contribution in [0, 0.1) is 5.41 Å². The highest BCUT2D eigenvalue weighted by Gasteiger charge is 2.44. The van der Waals surface area contributed by atoms with E-state index >= 15 is 0 Å². The Hall–Kier alpha value is -1.89. The number of rotatable bonds is 2. The summed E-state index contributed by atoms with van der Waals surface area (Å²) in [7, 11) is 3.94. The number of amides is 2. The maximum atomic E-state index is 12.7. The summed E-state index contributed by atoms with van der Waals surface area (Å²) in [6.07, 6.45) is 6.37. The van der Waals surface area contributed by atoms with E-state index < -0.39 is 0 Å². The highest BCUT2D eigenvalue weighted by molar-refractivity contribution is 5.92. The van der Waals surface area contributed by atoms with Crippen LogP contribution in [0.25, 0.3) is 0 Å². The molecule has 4 rings (SSSR count). The summed E-state index contributed by atoms with van der Waals surface area (Å²) < 4.78 is 1.64. The lowest BCUT2D eigenvalue weighted by molar-refractivity contribution is -0.141. The van der Waals surface area contributed by atoms with Crippen LogP contribution in [0.1, 0.15) is 42.6 Å². The second-order valence-corrected chi connectivity index (χ2v) is 8.36. The van der Waals surface area contributed by atoms with E-state index in [1.807, 2.05) is 11.9 Å². The minimum absolute atomic E-state index is 0.0704. The largest absolute Gasteiger partial charge is 0.338 e. The first-order valence-electron chi connectivity index (χ1n) is 9.73. The summed E-state index contributed by atoms with van der Waals surface area (Å²) in [5.41, 5.74) is 0.841. The first-order valence-corrected chi connectivity index (χ1v) is 9.73. The van der Waals surface area contributed by atoms with Crippen molar-refractivity contribution in [1.82, 2.24) is 24.5 Å². The van der Waals surface area contributed by atoms with E-state index in [4.69, 9.17) is 0 Å². The number of likely N-dealkylation sites (N-methyl/N-ethyl adjacent to an activating group) is 1. The number of carbonyl (C=O) groups excluding carboxylic acids is 2. The lowest BCUT2D eigenvalue weighted by atomic mass is 9.72. The first kappa shape index (κ1) is 17.5. The summed E-state index contributed by atoms with van der Waals surface area (Å²) in [6, 6.07) is 2.16. The van der Waals surface area contributed by atoms with E-state index in [0.717, 1.165) is 58.4 Å². The molecule has 0 radical (unpaired) electrons. The number of hydrogen-bond acceptors (Lipinski definition) is 4. The predicted molar refractivity (Wildman–Crippen MR) is 97.6 cm³/mol. The molecule has 1 atom stereocenters. The molecule has 0 aromatic carbocycles. The van der Waals surface area contributed by atoms with Crippen molar-refractivity contribution in [2.24, 2.45) is 12.5 Å². The fraction of sp³-hybridized carbons (Fsp3) is 0.737. The van der Waals surface area contributed by atoms with Crippen LogP contribution in [0.4, 0.5) is 0 Å². The van der Waals surface area contributed by atoms with E-state index in [9.17, 15) is 9.59 Å². The normalized spacial score (nSPS) is 26.7. The van der Waals surface area contributed by atoms with Gasteiger partial charge in [-0.1, -0.05) is 0 Å². The third-order valence-corrected chi connectivity index (χ3v) is 6.65. The zero-order chi connectivity index (χ0) is 18.3. The van der Waals surface area contributed by atoms with Crippen LogP contribution in [0.3, 0.4) is 0 Å². The van der Waals surface area contributed by atoms with E-state index in [-0.39, 0.29) is 11.3 Å². The maximum absolute atomic E-state index is 12.7. The Morgan fingerprint density at radius 2 is 1.96 bits per heavy atom. The third-order valence-electron chi connectivity index (χ3n) is 6.65. The summed E-state index contributed by atoms with van der Waals surface area (Å²) >= 11 is 0. The molecule has 7 nitrogen and oxygen atoms in total. The molecule has 3 saturated heterocycles. The van der Waals surface area contributed by atoms with E-state index in [0.29, 0.717) is 24.1 Å². The lowest BCUT2D eigenvalue weighted by Gasteiger charge is -2.49. The van der Waals surface area contributed by atoms with Crippen molar-refractivity contribution < 1.29 is 9.59 Å². The maximum Gasteiger partial charge on any atom is 0.272 e. The zero-order valence-electron chi connectivity index (χ0n) is 15.9. The molecular formula is C19H29N5O2. The zero-order valence-corrected chi connectivity index (χ0v) is 15.9. The fourth-order valence-electron chi connectivity index (χ4n) is 4.88. The molecule has 0 N–H and O–H groups in total. The quantitative estimate of drug-likeness (QED) is 0.789. The molecule has 7 heteroatoms. The molecule has 1 aromatic rings. The van der Waals surface area contributed by atoms with E-state index in [1.54, 1.807) is 16.9 Å². The number of likely N-dealkylation sites (tertiary alicyclic amines) is 3. The molecule has 26 heavy (non-hydrogen) atoms. The third kappa shape index (κ3) is 3.13. The molecular weight excluding hydrogens is 330 g/mol. The Balaban J connectivity index is 1.40. The second kappa shape index (κ2) is 6.68. The Labute approximate surface area is 154 Å². The summed E-state index contributed by atoms with van der Waals surface area (Å²) in [4.78, 5) is 31.6. The SMILES string of the molecule is CN1CCC(N2CC3(CCC2=O)CCN(C(=O)c2ccnn2C)CC3)C1. The van der Waals surface area contributed by atoms with Crippen LogP contribution < -0.4 is 0 Å². The summed E-state index contributed by atoms with van der Waals surface area (Å²) in [5, 5.41) is 4.11. The number of aromatic nitrogens is 2. The number of carbonyl (C=O) groups is 2. The number of piperidine rings is 2. The van der Waals surface area contributed by atoms with Crippen LogP contribution in [-0.2, 0) is 11.8 Å². The molecule has 3 aliphatic heterocycles. The van der Waals surface area contributed by atoms with Gasteiger partial charge in [0.15, 0.2) is 0 Å². The van der Waals surface area contributed by atoms with Gasteiger partial charge in [-0.3, -0.25) is 14.3 Å².